The number of nitrogens with zero attached hydrogens (tertiary/aromatic N) is 2. The summed E-state index contributed by atoms with van der Waals surface area (Å²) in [5.74, 6) is 3.31. The predicted octanol–water partition coefficient (Wildman–Crippen LogP) is 3.32. The summed E-state index contributed by atoms with van der Waals surface area (Å²) in [4.78, 5) is 0. The third-order valence-electron chi connectivity index (χ3n) is 2.58. The first-order valence-corrected chi connectivity index (χ1v) is 9.58. The van der Waals surface area contributed by atoms with Gasteiger partial charge in [0, 0.05) is 12.6 Å². The molecule has 0 radical (unpaired) electrons. The topological polar surface area (TPSA) is 17.8 Å². The van der Waals surface area contributed by atoms with Crippen molar-refractivity contribution in [2.45, 2.75) is 19.6 Å². The Morgan fingerprint density at radius 3 is 2.39 bits per heavy atom. The molecule has 0 aliphatic heterocycles. The third kappa shape index (κ3) is 2.90. The normalized spacial score (nSPS) is 10.9. The average molecular weight is 254 g/mol. The van der Waals surface area contributed by atoms with Gasteiger partial charge in [0.2, 0.25) is 0 Å². The maximum absolute atomic E-state index is 4.32. The Labute approximate surface area is 110 Å². The lowest BCUT2D eigenvalue weighted by Crippen LogP contribution is -2.16. The Hall–Kier alpha value is -1.79. The van der Waals surface area contributed by atoms with Crippen LogP contribution in [-0.2, 0) is 7.05 Å². The van der Waals surface area contributed by atoms with E-state index in [1.165, 1.54) is 5.56 Å². The van der Waals surface area contributed by atoms with Crippen molar-refractivity contribution >= 4 is 8.07 Å². The minimum absolute atomic E-state index is 1.00. The minimum Gasteiger partial charge on any atom is -0.259 e. The van der Waals surface area contributed by atoms with Crippen molar-refractivity contribution in [1.82, 2.24) is 9.78 Å². The van der Waals surface area contributed by atoms with Crippen LogP contribution in [0.2, 0.25) is 19.6 Å². The Bertz CT molecular complexity index is 595. The molecule has 2 rings (SSSR count). The zero-order chi connectivity index (χ0) is 13.2. The summed E-state index contributed by atoms with van der Waals surface area (Å²) in [5, 5.41) is 4.32. The van der Waals surface area contributed by atoms with Crippen LogP contribution in [0.1, 0.15) is 5.69 Å². The predicted molar refractivity (Wildman–Crippen MR) is 78.9 cm³/mol. The van der Waals surface area contributed by atoms with Gasteiger partial charge < -0.3 is 0 Å². The molecular formula is C15H18N2Si. The Morgan fingerprint density at radius 2 is 1.78 bits per heavy atom. The molecule has 0 atom stereocenters. The van der Waals surface area contributed by atoms with E-state index in [0.29, 0.717) is 0 Å². The van der Waals surface area contributed by atoms with Gasteiger partial charge in [0.25, 0.3) is 0 Å². The fourth-order valence-electron chi connectivity index (χ4n) is 1.66. The second-order valence-electron chi connectivity index (χ2n) is 5.40. The van der Waals surface area contributed by atoms with Gasteiger partial charge in [-0.3, -0.25) is 4.68 Å². The van der Waals surface area contributed by atoms with Crippen LogP contribution in [0.5, 0.6) is 0 Å². The van der Waals surface area contributed by atoms with Gasteiger partial charge in [-0.15, -0.1) is 5.54 Å². The van der Waals surface area contributed by atoms with E-state index in [9.17, 15) is 0 Å². The molecule has 0 saturated carbocycles. The summed E-state index contributed by atoms with van der Waals surface area (Å²) in [7, 11) is 0.583. The summed E-state index contributed by atoms with van der Waals surface area (Å²) in [5.41, 5.74) is 6.69. The molecule has 0 amide bonds. The van der Waals surface area contributed by atoms with E-state index >= 15 is 0 Å². The Balaban J connectivity index is 2.48. The lowest BCUT2D eigenvalue weighted by molar-refractivity contribution is 0.758. The van der Waals surface area contributed by atoms with Crippen molar-refractivity contribution in [3.05, 3.63) is 42.2 Å². The second kappa shape index (κ2) is 4.83. The number of aromatic nitrogens is 2. The van der Waals surface area contributed by atoms with Crippen LogP contribution >= 0.6 is 0 Å². The van der Waals surface area contributed by atoms with Crippen molar-refractivity contribution in [2.75, 3.05) is 0 Å². The maximum Gasteiger partial charge on any atom is 0.129 e. The Morgan fingerprint density at radius 1 is 1.11 bits per heavy atom. The van der Waals surface area contributed by atoms with Crippen LogP contribution < -0.4 is 0 Å². The highest BCUT2D eigenvalue weighted by Gasteiger charge is 2.11. The first kappa shape index (κ1) is 12.7. The molecule has 0 bridgehead atoms. The van der Waals surface area contributed by atoms with Gasteiger partial charge in [-0.1, -0.05) is 55.9 Å². The minimum atomic E-state index is -1.36. The highest BCUT2D eigenvalue weighted by atomic mass is 28.3. The quantitative estimate of drug-likeness (QED) is 0.564. The van der Waals surface area contributed by atoms with Crippen LogP contribution in [0, 0.1) is 11.5 Å². The van der Waals surface area contributed by atoms with Crippen molar-refractivity contribution < 1.29 is 0 Å². The first-order chi connectivity index (χ1) is 8.47. The smallest absolute Gasteiger partial charge is 0.129 e. The van der Waals surface area contributed by atoms with Crippen LogP contribution in [0.3, 0.4) is 0 Å². The number of hydrogen-bond donors (Lipinski definition) is 0. The van der Waals surface area contributed by atoms with Crippen molar-refractivity contribution in [2.24, 2.45) is 7.05 Å². The summed E-state index contributed by atoms with van der Waals surface area (Å²) < 4.78 is 1.86. The van der Waals surface area contributed by atoms with Crippen molar-refractivity contribution in [3.8, 4) is 22.6 Å². The SMILES string of the molecule is Cn1ncc(-c2ccccc2)c1C#C[Si](C)(C)C. The number of rotatable bonds is 1. The van der Waals surface area contributed by atoms with Crippen molar-refractivity contribution in [3.63, 3.8) is 0 Å². The van der Waals surface area contributed by atoms with Gasteiger partial charge in [-0.05, 0) is 5.56 Å². The molecule has 0 unspecified atom stereocenters. The van der Waals surface area contributed by atoms with E-state index < -0.39 is 8.07 Å². The van der Waals surface area contributed by atoms with Crippen LogP contribution in [0.25, 0.3) is 11.1 Å². The van der Waals surface area contributed by atoms with Crippen LogP contribution in [0.4, 0.5) is 0 Å². The van der Waals surface area contributed by atoms with Gasteiger partial charge in [0.1, 0.15) is 13.8 Å². The van der Waals surface area contributed by atoms with Gasteiger partial charge in [-0.25, -0.2) is 0 Å². The number of benzene rings is 1. The van der Waals surface area contributed by atoms with Gasteiger partial charge in [-0.2, -0.15) is 5.10 Å². The summed E-state index contributed by atoms with van der Waals surface area (Å²) in [6.45, 7) is 6.75. The van der Waals surface area contributed by atoms with Gasteiger partial charge in [0.15, 0.2) is 0 Å². The van der Waals surface area contributed by atoms with E-state index in [4.69, 9.17) is 0 Å². The summed E-state index contributed by atoms with van der Waals surface area (Å²) in [6.07, 6.45) is 1.89. The van der Waals surface area contributed by atoms with Crippen LogP contribution in [-0.4, -0.2) is 17.9 Å². The highest BCUT2D eigenvalue weighted by Crippen LogP contribution is 2.22. The molecule has 0 spiro atoms. The van der Waals surface area contributed by atoms with Gasteiger partial charge >= 0.3 is 0 Å². The summed E-state index contributed by atoms with van der Waals surface area (Å²) >= 11 is 0. The van der Waals surface area contributed by atoms with E-state index in [1.54, 1.807) is 0 Å². The fourth-order valence-corrected chi connectivity index (χ4v) is 2.15. The van der Waals surface area contributed by atoms with E-state index in [-0.39, 0.29) is 0 Å². The highest BCUT2D eigenvalue weighted by molar-refractivity contribution is 6.83. The molecule has 0 saturated heterocycles. The van der Waals surface area contributed by atoms with E-state index in [1.807, 2.05) is 36.1 Å². The molecule has 3 heteroatoms. The average Bonchev–Trinajstić information content (AvgIpc) is 2.68. The zero-order valence-electron chi connectivity index (χ0n) is 11.4. The van der Waals surface area contributed by atoms with E-state index in [0.717, 1.165) is 11.3 Å². The first-order valence-electron chi connectivity index (χ1n) is 6.08. The lowest BCUT2D eigenvalue weighted by Gasteiger charge is -2.04. The molecule has 1 aromatic carbocycles. The molecule has 1 heterocycles. The second-order valence-corrected chi connectivity index (χ2v) is 10.1. The molecule has 18 heavy (non-hydrogen) atoms. The lowest BCUT2D eigenvalue weighted by atomic mass is 10.1. The van der Waals surface area contributed by atoms with Gasteiger partial charge in [0.05, 0.1) is 6.20 Å². The molecule has 92 valence electrons. The molecule has 0 N–H and O–H groups in total. The standard InChI is InChI=1S/C15H18N2Si/c1-17-15(10-11-18(2,3)4)14(12-16-17)13-8-6-5-7-9-13/h5-9,12H,1-4H3. The molecule has 2 aromatic rings. The number of aryl methyl sites for hydroxylation is 1. The largest absolute Gasteiger partial charge is 0.259 e. The molecule has 1 aromatic heterocycles. The third-order valence-corrected chi connectivity index (χ3v) is 3.45. The maximum atomic E-state index is 4.32. The van der Waals surface area contributed by atoms with Crippen molar-refractivity contribution in [1.29, 1.82) is 0 Å². The van der Waals surface area contributed by atoms with E-state index in [2.05, 4.69) is 48.3 Å². The molecule has 0 aliphatic carbocycles. The molecular weight excluding hydrogens is 236 g/mol. The number of hydrogen-bond acceptors (Lipinski definition) is 1. The Kier molecular flexibility index (Phi) is 3.40. The summed E-state index contributed by atoms with van der Waals surface area (Å²) in [6, 6.07) is 10.3. The molecule has 0 aliphatic rings. The molecule has 2 nitrogen and oxygen atoms in total. The van der Waals surface area contributed by atoms with Crippen LogP contribution in [0.15, 0.2) is 36.5 Å². The monoisotopic (exact) mass is 254 g/mol. The zero-order valence-corrected chi connectivity index (χ0v) is 12.4. The fraction of sp³-hybridized carbons (Fsp3) is 0.267. The molecule has 0 fully saturated rings.